The number of anilines is 3. The highest BCUT2D eigenvalue weighted by Gasteiger charge is 2.21. The van der Waals surface area contributed by atoms with Crippen molar-refractivity contribution in [3.8, 4) is 61.3 Å². The second-order valence-corrected chi connectivity index (χ2v) is 15.7. The van der Waals surface area contributed by atoms with Crippen LogP contribution in [0.15, 0.2) is 255 Å². The number of benzene rings is 10. The summed E-state index contributed by atoms with van der Waals surface area (Å²) in [4.78, 5) is 2.41. The number of para-hydroxylation sites is 3. The third-order valence-electron chi connectivity index (χ3n) is 12.0. The first-order valence-corrected chi connectivity index (χ1v) is 21.3. The molecule has 0 aliphatic rings. The Morgan fingerprint density at radius 1 is 0.258 bits per heavy atom. The lowest BCUT2D eigenvalue weighted by Gasteiger charge is -2.29. The largest absolute Gasteiger partial charge is 0.310 e. The van der Waals surface area contributed by atoms with Gasteiger partial charge in [0, 0.05) is 33.4 Å². The normalized spacial score (nSPS) is 11.2. The molecule has 292 valence electrons. The highest BCUT2D eigenvalue weighted by molar-refractivity contribution is 6.09. The zero-order valence-corrected chi connectivity index (χ0v) is 34.1. The summed E-state index contributed by atoms with van der Waals surface area (Å²) in [5.41, 5.74) is 18.7. The molecule has 62 heavy (non-hydrogen) atoms. The van der Waals surface area contributed by atoms with Gasteiger partial charge in [0.1, 0.15) is 0 Å². The van der Waals surface area contributed by atoms with Crippen molar-refractivity contribution in [2.24, 2.45) is 0 Å². The molecule has 0 saturated heterocycles. The van der Waals surface area contributed by atoms with E-state index in [2.05, 4.69) is 264 Å². The van der Waals surface area contributed by atoms with Crippen molar-refractivity contribution in [2.45, 2.75) is 0 Å². The standard InChI is InChI=1S/C60H42N2/c1-3-18-43(19-4-1)44-34-38-48(39-35-44)61(58-31-14-11-28-55(58)54-27-10-9-26-53(54)52-25-8-7-24-51(52)46-20-5-2-6-21-46)49-40-36-45(37-41-49)47-22-17-23-50(42-47)62-59-32-15-12-29-56(59)57-30-13-16-33-60(57)62/h1-42H. The van der Waals surface area contributed by atoms with Crippen LogP contribution in [0.3, 0.4) is 0 Å². The van der Waals surface area contributed by atoms with Crippen LogP contribution in [0.25, 0.3) is 83.1 Å². The van der Waals surface area contributed by atoms with Crippen molar-refractivity contribution in [3.05, 3.63) is 255 Å². The first-order valence-electron chi connectivity index (χ1n) is 21.3. The van der Waals surface area contributed by atoms with Crippen molar-refractivity contribution < 1.29 is 0 Å². The summed E-state index contributed by atoms with van der Waals surface area (Å²) < 4.78 is 2.39. The second kappa shape index (κ2) is 16.1. The smallest absolute Gasteiger partial charge is 0.0541 e. The average molecular weight is 791 g/mol. The van der Waals surface area contributed by atoms with Crippen LogP contribution in [0.2, 0.25) is 0 Å². The second-order valence-electron chi connectivity index (χ2n) is 15.7. The van der Waals surface area contributed by atoms with Crippen LogP contribution < -0.4 is 4.90 Å². The van der Waals surface area contributed by atoms with Gasteiger partial charge in [-0.25, -0.2) is 0 Å². The molecule has 2 heteroatoms. The summed E-state index contributed by atoms with van der Waals surface area (Å²) in [6.07, 6.45) is 0. The monoisotopic (exact) mass is 790 g/mol. The molecule has 0 saturated carbocycles. The molecule has 0 radical (unpaired) electrons. The van der Waals surface area contributed by atoms with Gasteiger partial charge in [0.2, 0.25) is 0 Å². The molecule has 10 aromatic carbocycles. The summed E-state index contributed by atoms with van der Waals surface area (Å²) >= 11 is 0. The fourth-order valence-corrected chi connectivity index (χ4v) is 9.13. The maximum atomic E-state index is 2.41. The number of rotatable bonds is 9. The van der Waals surface area contributed by atoms with Crippen LogP contribution in [-0.2, 0) is 0 Å². The number of nitrogens with zero attached hydrogens (tertiary/aromatic N) is 2. The van der Waals surface area contributed by atoms with E-state index in [9.17, 15) is 0 Å². The Balaban J connectivity index is 1.03. The molecule has 1 heterocycles. The third-order valence-corrected chi connectivity index (χ3v) is 12.0. The molecular formula is C60H42N2. The Morgan fingerprint density at radius 3 is 1.26 bits per heavy atom. The molecule has 11 rings (SSSR count). The molecule has 0 amide bonds. The summed E-state index contributed by atoms with van der Waals surface area (Å²) in [5.74, 6) is 0. The molecule has 0 atom stereocenters. The van der Waals surface area contributed by atoms with Gasteiger partial charge in [-0.3, -0.25) is 0 Å². The Bertz CT molecular complexity index is 3270. The van der Waals surface area contributed by atoms with E-state index >= 15 is 0 Å². The fourth-order valence-electron chi connectivity index (χ4n) is 9.13. The molecule has 1 aromatic heterocycles. The number of fused-ring (bicyclic) bond motifs is 3. The van der Waals surface area contributed by atoms with Crippen molar-refractivity contribution in [2.75, 3.05) is 4.90 Å². The molecular weight excluding hydrogens is 749 g/mol. The van der Waals surface area contributed by atoms with E-state index in [0.717, 1.165) is 33.9 Å². The van der Waals surface area contributed by atoms with Gasteiger partial charge in [-0.15, -0.1) is 0 Å². The minimum Gasteiger partial charge on any atom is -0.310 e. The average Bonchev–Trinajstić information content (AvgIpc) is 3.70. The van der Waals surface area contributed by atoms with Crippen LogP contribution in [0, 0.1) is 0 Å². The first-order chi connectivity index (χ1) is 30.8. The summed E-state index contributed by atoms with van der Waals surface area (Å²) in [5, 5.41) is 2.52. The highest BCUT2D eigenvalue weighted by atomic mass is 15.1. The van der Waals surface area contributed by atoms with Crippen LogP contribution in [-0.4, -0.2) is 4.57 Å². The molecule has 0 aliphatic carbocycles. The fraction of sp³-hybridized carbons (Fsp3) is 0. The number of aromatic nitrogens is 1. The van der Waals surface area contributed by atoms with Gasteiger partial charge in [0.15, 0.2) is 0 Å². The lowest BCUT2D eigenvalue weighted by Crippen LogP contribution is -2.11. The van der Waals surface area contributed by atoms with Gasteiger partial charge in [0.25, 0.3) is 0 Å². The molecule has 0 unspecified atom stereocenters. The minimum absolute atomic E-state index is 1.08. The predicted octanol–water partition coefficient (Wildman–Crippen LogP) is 16.6. The van der Waals surface area contributed by atoms with Gasteiger partial charge in [0.05, 0.1) is 16.7 Å². The molecule has 11 aromatic rings. The van der Waals surface area contributed by atoms with Crippen molar-refractivity contribution in [1.29, 1.82) is 0 Å². The maximum absolute atomic E-state index is 2.41. The quantitative estimate of drug-likeness (QED) is 0.141. The maximum Gasteiger partial charge on any atom is 0.0541 e. The lowest BCUT2D eigenvalue weighted by atomic mass is 9.88. The summed E-state index contributed by atoms with van der Waals surface area (Å²) in [6, 6.07) is 92.0. The van der Waals surface area contributed by atoms with E-state index in [-0.39, 0.29) is 0 Å². The van der Waals surface area contributed by atoms with Crippen LogP contribution in [0.1, 0.15) is 0 Å². The number of hydrogen-bond donors (Lipinski definition) is 0. The molecule has 0 N–H and O–H groups in total. The zero-order chi connectivity index (χ0) is 41.2. The highest BCUT2D eigenvalue weighted by Crippen LogP contribution is 2.46. The van der Waals surface area contributed by atoms with Crippen molar-refractivity contribution in [1.82, 2.24) is 4.57 Å². The third kappa shape index (κ3) is 6.74. The van der Waals surface area contributed by atoms with E-state index in [4.69, 9.17) is 0 Å². The first kappa shape index (κ1) is 36.8. The number of hydrogen-bond acceptors (Lipinski definition) is 1. The molecule has 0 spiro atoms. The predicted molar refractivity (Wildman–Crippen MR) is 263 cm³/mol. The van der Waals surface area contributed by atoms with Gasteiger partial charge in [-0.1, -0.05) is 200 Å². The van der Waals surface area contributed by atoms with Crippen molar-refractivity contribution in [3.63, 3.8) is 0 Å². The van der Waals surface area contributed by atoms with E-state index < -0.39 is 0 Å². The van der Waals surface area contributed by atoms with E-state index in [1.807, 2.05) is 0 Å². The van der Waals surface area contributed by atoms with Gasteiger partial charge in [-0.05, 0) is 105 Å². The van der Waals surface area contributed by atoms with Crippen LogP contribution in [0.4, 0.5) is 17.1 Å². The molecule has 0 aliphatic heterocycles. The van der Waals surface area contributed by atoms with E-state index in [0.29, 0.717) is 0 Å². The van der Waals surface area contributed by atoms with Crippen LogP contribution in [0.5, 0.6) is 0 Å². The van der Waals surface area contributed by atoms with Gasteiger partial charge in [-0.2, -0.15) is 0 Å². The molecule has 0 fully saturated rings. The SMILES string of the molecule is c1ccc(-c2ccc(N(c3ccc(-c4cccc(-n5c6ccccc6c6ccccc65)c4)cc3)c3ccccc3-c3ccccc3-c3ccccc3-c3ccccc3)cc2)cc1. The van der Waals surface area contributed by atoms with Crippen LogP contribution >= 0.6 is 0 Å². The zero-order valence-electron chi connectivity index (χ0n) is 34.1. The topological polar surface area (TPSA) is 8.17 Å². The summed E-state index contributed by atoms with van der Waals surface area (Å²) in [6.45, 7) is 0. The Kier molecular flexibility index (Phi) is 9.57. The van der Waals surface area contributed by atoms with Gasteiger partial charge >= 0.3 is 0 Å². The molecule has 2 nitrogen and oxygen atoms in total. The molecule has 0 bridgehead atoms. The summed E-state index contributed by atoms with van der Waals surface area (Å²) in [7, 11) is 0. The minimum atomic E-state index is 1.08. The Morgan fingerprint density at radius 2 is 0.661 bits per heavy atom. The van der Waals surface area contributed by atoms with Gasteiger partial charge < -0.3 is 9.47 Å². The van der Waals surface area contributed by atoms with E-state index in [1.165, 1.54) is 66.3 Å². The van der Waals surface area contributed by atoms with E-state index in [1.54, 1.807) is 0 Å². The lowest BCUT2D eigenvalue weighted by molar-refractivity contribution is 1.18. The Labute approximate surface area is 362 Å². The Hall–Kier alpha value is -8.20. The van der Waals surface area contributed by atoms with Crippen molar-refractivity contribution >= 4 is 38.9 Å².